The molecular formula is C18H26N4O3S. The second kappa shape index (κ2) is 8.86. The van der Waals surface area contributed by atoms with E-state index >= 15 is 0 Å². The van der Waals surface area contributed by atoms with Gasteiger partial charge in [0.1, 0.15) is 10.6 Å². The molecule has 142 valence electrons. The minimum atomic E-state index is -3.56. The first kappa shape index (κ1) is 20.0. The normalized spacial score (nSPS) is 11.3. The van der Waals surface area contributed by atoms with E-state index in [1.165, 1.54) is 23.9 Å². The Balaban J connectivity index is 1.89. The van der Waals surface area contributed by atoms with Gasteiger partial charge in [0.15, 0.2) is 0 Å². The van der Waals surface area contributed by atoms with E-state index in [4.69, 9.17) is 0 Å². The summed E-state index contributed by atoms with van der Waals surface area (Å²) in [6.07, 6.45) is 2.22. The number of anilines is 1. The molecule has 1 amide bonds. The Hall–Kier alpha value is -2.32. The number of nitrogens with one attached hydrogen (secondary N) is 2. The summed E-state index contributed by atoms with van der Waals surface area (Å²) in [6.45, 7) is 4.33. The van der Waals surface area contributed by atoms with Crippen molar-refractivity contribution >= 4 is 21.6 Å². The lowest BCUT2D eigenvalue weighted by molar-refractivity contribution is 0.0945. The lowest BCUT2D eigenvalue weighted by atomic mass is 10.2. The molecule has 0 bridgehead atoms. The number of benzene rings is 1. The van der Waals surface area contributed by atoms with Crippen LogP contribution in [0.15, 0.2) is 47.5 Å². The van der Waals surface area contributed by atoms with Crippen molar-refractivity contribution in [2.45, 2.75) is 18.2 Å². The quantitative estimate of drug-likeness (QED) is 0.649. The smallest absolute Gasteiger partial charge is 0.267 e. The van der Waals surface area contributed by atoms with Gasteiger partial charge in [-0.05, 0) is 38.6 Å². The molecule has 0 radical (unpaired) electrons. The van der Waals surface area contributed by atoms with Crippen LogP contribution < -0.4 is 14.9 Å². The van der Waals surface area contributed by atoms with Crippen molar-refractivity contribution in [2.75, 3.05) is 31.6 Å². The lowest BCUT2D eigenvalue weighted by Gasteiger charge is -2.23. The summed E-state index contributed by atoms with van der Waals surface area (Å²) in [5.41, 5.74) is 1.47. The van der Waals surface area contributed by atoms with Gasteiger partial charge < -0.3 is 14.8 Å². The van der Waals surface area contributed by atoms with Crippen molar-refractivity contribution in [1.29, 1.82) is 0 Å². The summed E-state index contributed by atoms with van der Waals surface area (Å²) in [5, 5.41) is 2.85. The highest BCUT2D eigenvalue weighted by Crippen LogP contribution is 2.14. The number of aryl methyl sites for hydroxylation is 1. The van der Waals surface area contributed by atoms with E-state index in [-0.39, 0.29) is 10.8 Å². The molecule has 0 aliphatic carbocycles. The predicted octanol–water partition coefficient (Wildman–Crippen LogP) is 1.58. The van der Waals surface area contributed by atoms with E-state index in [0.29, 0.717) is 12.2 Å². The largest absolute Gasteiger partial charge is 0.372 e. The van der Waals surface area contributed by atoms with Gasteiger partial charge in [0.25, 0.3) is 5.91 Å². The second-order valence-corrected chi connectivity index (χ2v) is 7.79. The van der Waals surface area contributed by atoms with Crippen LogP contribution in [0, 0.1) is 0 Å². The lowest BCUT2D eigenvalue weighted by Crippen LogP contribution is -2.30. The van der Waals surface area contributed by atoms with Crippen LogP contribution in [0.3, 0.4) is 0 Å². The molecule has 26 heavy (non-hydrogen) atoms. The molecule has 2 aromatic rings. The van der Waals surface area contributed by atoms with Crippen molar-refractivity contribution in [1.82, 2.24) is 14.6 Å². The topological polar surface area (TPSA) is 83.4 Å². The van der Waals surface area contributed by atoms with Gasteiger partial charge in [-0.15, -0.1) is 0 Å². The molecule has 0 saturated carbocycles. The number of hydrogen-bond donors (Lipinski definition) is 2. The molecule has 7 nitrogen and oxygen atoms in total. The molecule has 0 unspecified atom stereocenters. The van der Waals surface area contributed by atoms with Gasteiger partial charge in [-0.3, -0.25) is 4.79 Å². The number of hydrogen-bond acceptors (Lipinski definition) is 4. The Morgan fingerprint density at radius 2 is 1.92 bits per heavy atom. The SMILES string of the molecule is CCN(CCCNC(=O)c1cc(S(=O)(=O)NC)cn1C)c1ccccc1. The third-order valence-electron chi connectivity index (χ3n) is 4.18. The molecule has 1 heterocycles. The first-order chi connectivity index (χ1) is 12.4. The van der Waals surface area contributed by atoms with Gasteiger partial charge in [0.05, 0.1) is 0 Å². The van der Waals surface area contributed by atoms with Crippen molar-refractivity contribution in [2.24, 2.45) is 7.05 Å². The number of rotatable bonds is 9. The maximum absolute atomic E-state index is 12.3. The number of sulfonamides is 1. The number of para-hydroxylation sites is 1. The zero-order valence-electron chi connectivity index (χ0n) is 15.4. The molecule has 0 aliphatic rings. The molecule has 8 heteroatoms. The molecule has 0 atom stereocenters. The van der Waals surface area contributed by atoms with Gasteiger partial charge in [-0.2, -0.15) is 0 Å². The van der Waals surface area contributed by atoms with Crippen LogP contribution in [-0.4, -0.2) is 45.6 Å². The molecule has 1 aromatic heterocycles. The maximum Gasteiger partial charge on any atom is 0.267 e. The number of carbonyl (C=O) groups excluding carboxylic acids is 1. The second-order valence-electron chi connectivity index (χ2n) is 5.90. The maximum atomic E-state index is 12.3. The predicted molar refractivity (Wildman–Crippen MR) is 103 cm³/mol. The van der Waals surface area contributed by atoms with E-state index < -0.39 is 10.0 Å². The zero-order chi connectivity index (χ0) is 19.2. The van der Waals surface area contributed by atoms with E-state index in [2.05, 4.69) is 34.0 Å². The monoisotopic (exact) mass is 378 g/mol. The minimum absolute atomic E-state index is 0.0777. The fourth-order valence-electron chi connectivity index (χ4n) is 2.70. The molecule has 0 spiro atoms. The average Bonchev–Trinajstić information content (AvgIpc) is 3.05. The molecule has 0 saturated heterocycles. The fourth-order valence-corrected chi connectivity index (χ4v) is 3.50. The summed E-state index contributed by atoms with van der Waals surface area (Å²) in [4.78, 5) is 14.6. The first-order valence-corrected chi connectivity index (χ1v) is 10.1. The van der Waals surface area contributed by atoms with Gasteiger partial charge in [-0.25, -0.2) is 13.1 Å². The fraction of sp³-hybridized carbons (Fsp3) is 0.389. The number of amides is 1. The van der Waals surface area contributed by atoms with Gasteiger partial charge in [0, 0.05) is 38.6 Å². The van der Waals surface area contributed by atoms with Crippen LogP contribution in [0.5, 0.6) is 0 Å². The Bertz CT molecular complexity index is 831. The van der Waals surface area contributed by atoms with Crippen LogP contribution in [0.4, 0.5) is 5.69 Å². The van der Waals surface area contributed by atoms with E-state index in [1.54, 1.807) is 7.05 Å². The standard InChI is InChI=1S/C18H26N4O3S/c1-4-22(15-9-6-5-7-10-15)12-8-11-20-18(23)17-13-16(14-21(17)3)26(24,25)19-2/h5-7,9-10,13-14,19H,4,8,11-12H2,1-3H3,(H,20,23). The van der Waals surface area contributed by atoms with E-state index in [1.807, 2.05) is 18.2 Å². The third kappa shape index (κ3) is 4.86. The van der Waals surface area contributed by atoms with E-state index in [9.17, 15) is 13.2 Å². The molecule has 2 N–H and O–H groups in total. The summed E-state index contributed by atoms with van der Waals surface area (Å²) < 4.78 is 27.4. The van der Waals surface area contributed by atoms with Crippen molar-refractivity contribution in [3.05, 3.63) is 48.3 Å². The number of nitrogens with zero attached hydrogens (tertiary/aromatic N) is 2. The van der Waals surface area contributed by atoms with Crippen LogP contribution in [0.25, 0.3) is 0 Å². The van der Waals surface area contributed by atoms with Crippen molar-refractivity contribution < 1.29 is 13.2 Å². The van der Waals surface area contributed by atoms with Crippen LogP contribution in [-0.2, 0) is 17.1 Å². The molecule has 2 rings (SSSR count). The first-order valence-electron chi connectivity index (χ1n) is 8.57. The van der Waals surface area contributed by atoms with Crippen LogP contribution in [0.1, 0.15) is 23.8 Å². The minimum Gasteiger partial charge on any atom is -0.372 e. The molecule has 1 aromatic carbocycles. The van der Waals surface area contributed by atoms with Crippen molar-refractivity contribution in [3.8, 4) is 0 Å². The number of aromatic nitrogens is 1. The van der Waals surface area contributed by atoms with Crippen LogP contribution in [0.2, 0.25) is 0 Å². The zero-order valence-corrected chi connectivity index (χ0v) is 16.2. The van der Waals surface area contributed by atoms with Crippen molar-refractivity contribution in [3.63, 3.8) is 0 Å². The third-order valence-corrected chi connectivity index (χ3v) is 5.57. The summed E-state index contributed by atoms with van der Waals surface area (Å²) in [6, 6.07) is 11.5. The Kier molecular flexibility index (Phi) is 6.82. The van der Waals surface area contributed by atoms with Gasteiger partial charge in [0.2, 0.25) is 10.0 Å². The molecular weight excluding hydrogens is 352 g/mol. The highest BCUT2D eigenvalue weighted by molar-refractivity contribution is 7.89. The molecule has 0 fully saturated rings. The molecule has 0 aliphatic heterocycles. The Morgan fingerprint density at radius 1 is 1.23 bits per heavy atom. The van der Waals surface area contributed by atoms with Gasteiger partial charge in [-0.1, -0.05) is 18.2 Å². The van der Waals surface area contributed by atoms with Gasteiger partial charge >= 0.3 is 0 Å². The summed E-state index contributed by atoms with van der Waals surface area (Å²) in [7, 11) is -0.569. The Labute approximate surface area is 155 Å². The van der Waals surface area contributed by atoms with E-state index in [0.717, 1.165) is 25.2 Å². The number of carbonyl (C=O) groups is 1. The highest BCUT2D eigenvalue weighted by atomic mass is 32.2. The highest BCUT2D eigenvalue weighted by Gasteiger charge is 2.18. The average molecular weight is 378 g/mol. The summed E-state index contributed by atoms with van der Waals surface area (Å²) >= 11 is 0. The summed E-state index contributed by atoms with van der Waals surface area (Å²) in [5.74, 6) is -0.284. The Morgan fingerprint density at radius 3 is 2.54 bits per heavy atom. The van der Waals surface area contributed by atoms with Crippen LogP contribution >= 0.6 is 0 Å².